The number of nitrogens with one attached hydrogen (secondary N) is 1. The summed E-state index contributed by atoms with van der Waals surface area (Å²) in [7, 11) is 1.69. The molecule has 0 bridgehead atoms. The number of methoxy groups -OCH3 is 1. The molecule has 1 unspecified atom stereocenters. The molecule has 27 heavy (non-hydrogen) atoms. The van der Waals surface area contributed by atoms with Gasteiger partial charge >= 0.3 is 0 Å². The molecular weight excluding hydrogens is 336 g/mol. The van der Waals surface area contributed by atoms with Crippen molar-refractivity contribution < 1.29 is 9.53 Å². The summed E-state index contributed by atoms with van der Waals surface area (Å²) in [6, 6.07) is 18.6. The first-order valence-electron chi connectivity index (χ1n) is 9.95. The molecule has 2 aromatic carbocycles. The number of nitrogens with zero attached hydrogens (tertiary/aromatic N) is 1. The molecule has 4 nitrogen and oxygen atoms in total. The lowest BCUT2D eigenvalue weighted by Crippen LogP contribution is -2.40. The molecule has 1 N–H and O–H groups in total. The first-order valence-corrected chi connectivity index (χ1v) is 9.95. The van der Waals surface area contributed by atoms with Crippen molar-refractivity contribution in [1.29, 1.82) is 0 Å². The number of aryl methyl sites for hydroxylation is 1. The fourth-order valence-electron chi connectivity index (χ4n) is 3.74. The summed E-state index contributed by atoms with van der Waals surface area (Å²) in [5.74, 6) is 0.980. The van der Waals surface area contributed by atoms with E-state index in [-0.39, 0.29) is 11.9 Å². The van der Waals surface area contributed by atoms with Gasteiger partial charge in [0.2, 0.25) is 5.91 Å². The van der Waals surface area contributed by atoms with Gasteiger partial charge < -0.3 is 10.1 Å². The summed E-state index contributed by atoms with van der Waals surface area (Å²) >= 11 is 0. The van der Waals surface area contributed by atoms with Crippen molar-refractivity contribution in [1.82, 2.24) is 10.2 Å². The summed E-state index contributed by atoms with van der Waals surface area (Å²) in [6.07, 6.45) is 5.05. The number of piperidine rings is 1. The van der Waals surface area contributed by atoms with Crippen molar-refractivity contribution >= 4 is 5.91 Å². The van der Waals surface area contributed by atoms with Crippen LogP contribution in [0.5, 0.6) is 5.75 Å². The Bertz CT molecular complexity index is 711. The Balaban J connectivity index is 1.61. The third-order valence-electron chi connectivity index (χ3n) is 5.29. The Morgan fingerprint density at radius 2 is 1.85 bits per heavy atom. The van der Waals surface area contributed by atoms with E-state index in [4.69, 9.17) is 4.74 Å². The van der Waals surface area contributed by atoms with Crippen molar-refractivity contribution in [2.75, 3.05) is 26.7 Å². The van der Waals surface area contributed by atoms with Gasteiger partial charge in [0, 0.05) is 13.0 Å². The third-order valence-corrected chi connectivity index (χ3v) is 5.29. The van der Waals surface area contributed by atoms with Crippen LogP contribution in [0.3, 0.4) is 0 Å². The van der Waals surface area contributed by atoms with Gasteiger partial charge in [0.25, 0.3) is 0 Å². The number of amides is 1. The topological polar surface area (TPSA) is 41.6 Å². The minimum atomic E-state index is 0.115. The molecule has 0 saturated carbocycles. The van der Waals surface area contributed by atoms with Crippen molar-refractivity contribution in [3.63, 3.8) is 0 Å². The SMILES string of the molecule is COc1cccc(C(CNC(=O)CCc2ccccc2)N2CCCCC2)c1. The van der Waals surface area contributed by atoms with Crippen LogP contribution < -0.4 is 10.1 Å². The highest BCUT2D eigenvalue weighted by atomic mass is 16.5. The van der Waals surface area contributed by atoms with E-state index in [2.05, 4.69) is 34.5 Å². The monoisotopic (exact) mass is 366 g/mol. The lowest BCUT2D eigenvalue weighted by atomic mass is 10.0. The summed E-state index contributed by atoms with van der Waals surface area (Å²) < 4.78 is 5.40. The lowest BCUT2D eigenvalue weighted by molar-refractivity contribution is -0.121. The first kappa shape index (κ1) is 19.4. The lowest BCUT2D eigenvalue weighted by Gasteiger charge is -2.35. The maximum atomic E-state index is 12.4. The highest BCUT2D eigenvalue weighted by Crippen LogP contribution is 2.26. The molecule has 1 aliphatic rings. The molecular formula is C23H30N2O2. The van der Waals surface area contributed by atoms with Crippen molar-refractivity contribution in [2.24, 2.45) is 0 Å². The molecule has 1 saturated heterocycles. The second-order valence-corrected chi connectivity index (χ2v) is 7.18. The zero-order valence-corrected chi connectivity index (χ0v) is 16.2. The molecule has 4 heteroatoms. The Morgan fingerprint density at radius 1 is 1.07 bits per heavy atom. The predicted octanol–water partition coefficient (Wildman–Crippen LogP) is 3.97. The van der Waals surface area contributed by atoms with Gasteiger partial charge in [-0.05, 0) is 55.6 Å². The summed E-state index contributed by atoms with van der Waals surface area (Å²) in [6.45, 7) is 2.81. The Kier molecular flexibility index (Phi) is 7.28. The van der Waals surface area contributed by atoms with Gasteiger partial charge in [-0.3, -0.25) is 9.69 Å². The van der Waals surface area contributed by atoms with Crippen LogP contribution in [0.4, 0.5) is 0 Å². The van der Waals surface area contributed by atoms with E-state index in [1.165, 1.54) is 30.4 Å². The van der Waals surface area contributed by atoms with Gasteiger partial charge in [0.1, 0.15) is 5.75 Å². The maximum Gasteiger partial charge on any atom is 0.220 e. The second-order valence-electron chi connectivity index (χ2n) is 7.18. The van der Waals surface area contributed by atoms with E-state index < -0.39 is 0 Å². The number of benzene rings is 2. The molecule has 1 atom stereocenters. The average Bonchev–Trinajstić information content (AvgIpc) is 2.74. The average molecular weight is 367 g/mol. The third kappa shape index (κ3) is 5.83. The number of hydrogen-bond acceptors (Lipinski definition) is 3. The standard InChI is InChI=1S/C23H30N2O2/c1-27-21-12-8-11-20(17-21)22(25-15-6-3-7-16-25)18-24-23(26)14-13-19-9-4-2-5-10-19/h2,4-5,8-12,17,22H,3,6-7,13-16,18H2,1H3,(H,24,26). The molecule has 1 fully saturated rings. The van der Waals surface area contributed by atoms with Crippen molar-refractivity contribution in [2.45, 2.75) is 38.1 Å². The minimum absolute atomic E-state index is 0.115. The zero-order chi connectivity index (χ0) is 18.9. The molecule has 144 valence electrons. The fraction of sp³-hybridized carbons (Fsp3) is 0.435. The van der Waals surface area contributed by atoms with Crippen LogP contribution >= 0.6 is 0 Å². The fourth-order valence-corrected chi connectivity index (χ4v) is 3.74. The van der Waals surface area contributed by atoms with E-state index in [1.54, 1.807) is 7.11 Å². The molecule has 0 aliphatic carbocycles. The van der Waals surface area contributed by atoms with Crippen LogP contribution in [0, 0.1) is 0 Å². The van der Waals surface area contributed by atoms with E-state index in [0.717, 1.165) is 25.3 Å². The normalized spacial score (nSPS) is 15.9. The van der Waals surface area contributed by atoms with Gasteiger partial charge in [-0.2, -0.15) is 0 Å². The van der Waals surface area contributed by atoms with Crippen LogP contribution in [-0.2, 0) is 11.2 Å². The first-order chi connectivity index (χ1) is 13.3. The van der Waals surface area contributed by atoms with Gasteiger partial charge in [-0.15, -0.1) is 0 Å². The van der Waals surface area contributed by atoms with Gasteiger partial charge in [0.05, 0.1) is 13.2 Å². The molecule has 0 spiro atoms. The highest BCUT2D eigenvalue weighted by molar-refractivity contribution is 5.76. The molecule has 1 aliphatic heterocycles. The molecule has 1 amide bonds. The Hall–Kier alpha value is -2.33. The highest BCUT2D eigenvalue weighted by Gasteiger charge is 2.23. The van der Waals surface area contributed by atoms with Crippen LogP contribution in [0.25, 0.3) is 0 Å². The van der Waals surface area contributed by atoms with E-state index >= 15 is 0 Å². The quantitative estimate of drug-likeness (QED) is 0.769. The number of rotatable bonds is 8. The molecule has 1 heterocycles. The van der Waals surface area contributed by atoms with Crippen LogP contribution in [0.1, 0.15) is 42.9 Å². The molecule has 0 aromatic heterocycles. The molecule has 3 rings (SSSR count). The second kappa shape index (κ2) is 10.1. The Labute approximate surface area is 162 Å². The van der Waals surface area contributed by atoms with E-state index in [1.807, 2.05) is 30.3 Å². The van der Waals surface area contributed by atoms with Crippen molar-refractivity contribution in [3.8, 4) is 5.75 Å². The minimum Gasteiger partial charge on any atom is -0.497 e. The van der Waals surface area contributed by atoms with E-state index in [9.17, 15) is 4.79 Å². The number of carbonyl (C=O) groups excluding carboxylic acids is 1. The van der Waals surface area contributed by atoms with Gasteiger partial charge in [0.15, 0.2) is 0 Å². The zero-order valence-electron chi connectivity index (χ0n) is 16.2. The van der Waals surface area contributed by atoms with Crippen molar-refractivity contribution in [3.05, 3.63) is 65.7 Å². The van der Waals surface area contributed by atoms with Crippen LogP contribution in [0.15, 0.2) is 54.6 Å². The van der Waals surface area contributed by atoms with Gasteiger partial charge in [-0.25, -0.2) is 0 Å². The van der Waals surface area contributed by atoms with Gasteiger partial charge in [-0.1, -0.05) is 48.9 Å². The Morgan fingerprint density at radius 3 is 2.59 bits per heavy atom. The van der Waals surface area contributed by atoms with E-state index in [0.29, 0.717) is 13.0 Å². The molecule has 2 aromatic rings. The molecule has 0 radical (unpaired) electrons. The largest absolute Gasteiger partial charge is 0.497 e. The smallest absolute Gasteiger partial charge is 0.220 e. The van der Waals surface area contributed by atoms with Crippen LogP contribution in [-0.4, -0.2) is 37.6 Å². The predicted molar refractivity (Wildman–Crippen MR) is 109 cm³/mol. The summed E-state index contributed by atoms with van der Waals surface area (Å²) in [5.41, 5.74) is 2.41. The number of hydrogen-bond donors (Lipinski definition) is 1. The maximum absolute atomic E-state index is 12.4. The number of carbonyl (C=O) groups is 1. The summed E-state index contributed by atoms with van der Waals surface area (Å²) in [5, 5.41) is 3.16. The number of ether oxygens (including phenoxy) is 1. The van der Waals surface area contributed by atoms with Crippen LogP contribution in [0.2, 0.25) is 0 Å². The summed E-state index contributed by atoms with van der Waals surface area (Å²) in [4.78, 5) is 14.9. The number of likely N-dealkylation sites (tertiary alicyclic amines) is 1.